The number of fused-ring (bicyclic) bond motifs is 1. The van der Waals surface area contributed by atoms with E-state index < -0.39 is 0 Å². The van der Waals surface area contributed by atoms with Crippen LogP contribution in [0.4, 0.5) is 0 Å². The Balaban J connectivity index is 1.51. The average Bonchev–Trinajstić information content (AvgIpc) is 3.13. The Bertz CT molecular complexity index is 885. The molecule has 3 aromatic rings. The Kier molecular flexibility index (Phi) is 5.29. The number of aliphatic hydroxyl groups is 1. The molecular formula is C20H25N5O2. The Morgan fingerprint density at radius 3 is 2.56 bits per heavy atom. The standard InChI is InChI=1S/C20H25N5O2/c1-27-17-8-6-16(7-9-17)25-20-18(23-24-25)13-21-19(22-20)12-15-4-2-14(3-5-15)10-11-26/h6-9,13-15,26H,2-5,10-12H2,1H3. The van der Waals surface area contributed by atoms with E-state index in [0.717, 1.165) is 35.8 Å². The second-order valence-corrected chi connectivity index (χ2v) is 7.30. The Morgan fingerprint density at radius 1 is 1.11 bits per heavy atom. The van der Waals surface area contributed by atoms with Crippen molar-refractivity contribution in [3.05, 3.63) is 36.3 Å². The van der Waals surface area contributed by atoms with Crippen molar-refractivity contribution in [2.45, 2.75) is 38.5 Å². The van der Waals surface area contributed by atoms with Crippen molar-refractivity contribution in [1.29, 1.82) is 0 Å². The van der Waals surface area contributed by atoms with Crippen molar-refractivity contribution in [2.24, 2.45) is 11.8 Å². The molecular weight excluding hydrogens is 342 g/mol. The molecule has 0 bridgehead atoms. The Morgan fingerprint density at radius 2 is 1.85 bits per heavy atom. The molecule has 0 saturated heterocycles. The van der Waals surface area contributed by atoms with Crippen LogP contribution in [-0.4, -0.2) is 43.8 Å². The van der Waals surface area contributed by atoms with Gasteiger partial charge in [0.2, 0.25) is 0 Å². The molecule has 0 spiro atoms. The van der Waals surface area contributed by atoms with Gasteiger partial charge in [-0.1, -0.05) is 18.1 Å². The number of rotatable bonds is 6. The fraction of sp³-hybridized carbons (Fsp3) is 0.500. The SMILES string of the molecule is COc1ccc(-n2nnc3cnc(CC4CCC(CCO)CC4)nc32)cc1. The number of nitrogens with zero attached hydrogens (tertiary/aromatic N) is 5. The molecule has 0 unspecified atom stereocenters. The predicted octanol–water partition coefficient (Wildman–Crippen LogP) is 2.95. The molecule has 1 aliphatic carbocycles. The number of aromatic nitrogens is 5. The number of hydrogen-bond donors (Lipinski definition) is 1. The summed E-state index contributed by atoms with van der Waals surface area (Å²) in [6.07, 6.45) is 8.33. The molecule has 2 aromatic heterocycles. The maximum Gasteiger partial charge on any atom is 0.187 e. The summed E-state index contributed by atoms with van der Waals surface area (Å²) in [6.45, 7) is 0.303. The summed E-state index contributed by atoms with van der Waals surface area (Å²) < 4.78 is 6.96. The lowest BCUT2D eigenvalue weighted by atomic mass is 9.79. The molecule has 0 radical (unpaired) electrons. The summed E-state index contributed by atoms with van der Waals surface area (Å²) in [6, 6.07) is 7.68. The quantitative estimate of drug-likeness (QED) is 0.721. The number of methoxy groups -OCH3 is 1. The molecule has 1 N–H and O–H groups in total. The normalized spacial score (nSPS) is 20.1. The van der Waals surface area contributed by atoms with Gasteiger partial charge in [0.15, 0.2) is 11.2 Å². The molecule has 1 saturated carbocycles. The predicted molar refractivity (Wildman–Crippen MR) is 102 cm³/mol. The molecule has 1 aromatic carbocycles. The summed E-state index contributed by atoms with van der Waals surface area (Å²) in [5, 5.41) is 17.5. The van der Waals surface area contributed by atoms with Crippen molar-refractivity contribution >= 4 is 11.2 Å². The maximum absolute atomic E-state index is 9.11. The highest BCUT2D eigenvalue weighted by molar-refractivity contribution is 5.70. The fourth-order valence-corrected chi connectivity index (χ4v) is 3.92. The summed E-state index contributed by atoms with van der Waals surface area (Å²) in [4.78, 5) is 9.26. The van der Waals surface area contributed by atoms with E-state index in [0.29, 0.717) is 24.0 Å². The van der Waals surface area contributed by atoms with Crippen LogP contribution >= 0.6 is 0 Å². The van der Waals surface area contributed by atoms with E-state index in [1.165, 1.54) is 25.7 Å². The van der Waals surface area contributed by atoms with Gasteiger partial charge in [0.05, 0.1) is 19.0 Å². The zero-order chi connectivity index (χ0) is 18.6. The topological polar surface area (TPSA) is 86.0 Å². The van der Waals surface area contributed by atoms with Gasteiger partial charge in [-0.05, 0) is 55.4 Å². The maximum atomic E-state index is 9.11. The number of aliphatic hydroxyl groups excluding tert-OH is 1. The van der Waals surface area contributed by atoms with Crippen LogP contribution in [-0.2, 0) is 6.42 Å². The fourth-order valence-electron chi connectivity index (χ4n) is 3.92. The van der Waals surface area contributed by atoms with Crippen LogP contribution in [0.15, 0.2) is 30.5 Å². The zero-order valence-electron chi connectivity index (χ0n) is 15.6. The smallest absolute Gasteiger partial charge is 0.187 e. The first-order chi connectivity index (χ1) is 13.3. The highest BCUT2D eigenvalue weighted by Crippen LogP contribution is 2.32. The molecule has 4 rings (SSSR count). The van der Waals surface area contributed by atoms with E-state index in [2.05, 4.69) is 15.3 Å². The van der Waals surface area contributed by atoms with Gasteiger partial charge in [-0.25, -0.2) is 9.97 Å². The molecule has 7 heteroatoms. The largest absolute Gasteiger partial charge is 0.497 e. The van der Waals surface area contributed by atoms with E-state index in [1.807, 2.05) is 24.3 Å². The first kappa shape index (κ1) is 17.9. The summed E-state index contributed by atoms with van der Waals surface area (Å²) in [5.74, 6) is 2.94. The first-order valence-corrected chi connectivity index (χ1v) is 9.59. The van der Waals surface area contributed by atoms with Crippen LogP contribution in [0, 0.1) is 11.8 Å². The van der Waals surface area contributed by atoms with Crippen molar-refractivity contribution in [3.8, 4) is 11.4 Å². The zero-order valence-corrected chi connectivity index (χ0v) is 15.6. The Hall–Kier alpha value is -2.54. The van der Waals surface area contributed by atoms with Crippen LogP contribution < -0.4 is 4.74 Å². The van der Waals surface area contributed by atoms with Gasteiger partial charge in [-0.3, -0.25) is 0 Å². The van der Waals surface area contributed by atoms with E-state index in [-0.39, 0.29) is 0 Å². The third-order valence-electron chi connectivity index (χ3n) is 5.53. The van der Waals surface area contributed by atoms with Crippen LogP contribution in [0.2, 0.25) is 0 Å². The highest BCUT2D eigenvalue weighted by Gasteiger charge is 2.22. The van der Waals surface area contributed by atoms with Gasteiger partial charge >= 0.3 is 0 Å². The minimum absolute atomic E-state index is 0.303. The van der Waals surface area contributed by atoms with Gasteiger partial charge in [0.1, 0.15) is 11.6 Å². The van der Waals surface area contributed by atoms with Gasteiger partial charge in [0, 0.05) is 13.0 Å². The lowest BCUT2D eigenvalue weighted by Crippen LogP contribution is -2.18. The van der Waals surface area contributed by atoms with Crippen molar-refractivity contribution in [2.75, 3.05) is 13.7 Å². The third kappa shape index (κ3) is 3.93. The molecule has 27 heavy (non-hydrogen) atoms. The molecule has 1 aliphatic rings. The molecule has 2 heterocycles. The van der Waals surface area contributed by atoms with E-state index in [4.69, 9.17) is 14.8 Å². The highest BCUT2D eigenvalue weighted by atomic mass is 16.5. The van der Waals surface area contributed by atoms with Gasteiger partial charge in [-0.2, -0.15) is 4.68 Å². The summed E-state index contributed by atoms with van der Waals surface area (Å²) in [7, 11) is 1.65. The molecule has 1 fully saturated rings. The van der Waals surface area contributed by atoms with E-state index >= 15 is 0 Å². The number of benzene rings is 1. The molecule has 0 amide bonds. The third-order valence-corrected chi connectivity index (χ3v) is 5.53. The average molecular weight is 367 g/mol. The van der Waals surface area contributed by atoms with Gasteiger partial charge in [-0.15, -0.1) is 5.10 Å². The summed E-state index contributed by atoms with van der Waals surface area (Å²) in [5.41, 5.74) is 2.33. The Labute approximate surface area is 158 Å². The second kappa shape index (κ2) is 8.00. The van der Waals surface area contributed by atoms with Crippen LogP contribution in [0.3, 0.4) is 0 Å². The van der Waals surface area contributed by atoms with Crippen molar-refractivity contribution in [1.82, 2.24) is 25.0 Å². The van der Waals surface area contributed by atoms with Crippen LogP contribution in [0.5, 0.6) is 5.75 Å². The monoisotopic (exact) mass is 367 g/mol. The van der Waals surface area contributed by atoms with Crippen molar-refractivity contribution < 1.29 is 9.84 Å². The lowest BCUT2D eigenvalue weighted by Gasteiger charge is -2.27. The van der Waals surface area contributed by atoms with E-state index in [9.17, 15) is 0 Å². The lowest BCUT2D eigenvalue weighted by molar-refractivity contribution is 0.204. The van der Waals surface area contributed by atoms with E-state index in [1.54, 1.807) is 18.0 Å². The minimum atomic E-state index is 0.303. The first-order valence-electron chi connectivity index (χ1n) is 9.59. The molecule has 142 valence electrons. The minimum Gasteiger partial charge on any atom is -0.497 e. The molecule has 0 atom stereocenters. The van der Waals surface area contributed by atoms with Crippen molar-refractivity contribution in [3.63, 3.8) is 0 Å². The number of hydrogen-bond acceptors (Lipinski definition) is 6. The second-order valence-electron chi connectivity index (χ2n) is 7.30. The summed E-state index contributed by atoms with van der Waals surface area (Å²) >= 11 is 0. The van der Waals surface area contributed by atoms with Gasteiger partial charge < -0.3 is 9.84 Å². The molecule has 7 nitrogen and oxygen atoms in total. The van der Waals surface area contributed by atoms with Gasteiger partial charge in [0.25, 0.3) is 0 Å². The molecule has 0 aliphatic heterocycles. The number of ether oxygens (including phenoxy) is 1. The van der Waals surface area contributed by atoms with Crippen LogP contribution in [0.25, 0.3) is 16.9 Å². The van der Waals surface area contributed by atoms with Crippen LogP contribution in [0.1, 0.15) is 37.9 Å².